The van der Waals surface area contributed by atoms with Gasteiger partial charge >= 0.3 is 0 Å². The topological polar surface area (TPSA) is 39.5 Å². The van der Waals surface area contributed by atoms with Crippen LogP contribution in [-0.4, -0.2) is 55.2 Å². The summed E-state index contributed by atoms with van der Waals surface area (Å²) in [6, 6.07) is 10.2. The van der Waals surface area contributed by atoms with Crippen LogP contribution in [0.1, 0.15) is 30.4 Å². The zero-order chi connectivity index (χ0) is 15.2. The predicted octanol–water partition coefficient (Wildman–Crippen LogP) is 2.24. The molecular formula is C18H25N3O. The normalized spacial score (nSPS) is 24.0. The molecule has 22 heavy (non-hydrogen) atoms. The first-order valence-corrected chi connectivity index (χ1v) is 8.39. The van der Waals surface area contributed by atoms with Crippen LogP contribution in [0.2, 0.25) is 0 Å². The van der Waals surface area contributed by atoms with Crippen LogP contribution >= 0.6 is 0 Å². The van der Waals surface area contributed by atoms with E-state index in [1.54, 1.807) is 0 Å². The number of likely N-dealkylation sites (tertiary alicyclic amines) is 1. The summed E-state index contributed by atoms with van der Waals surface area (Å²) in [5.41, 5.74) is 1.97. The standard InChI is InChI=1S/C18H25N3O/c19-12-16-5-3-6-17(11-16)13-21-9-4-10-22-18(15-21)14-20-7-1-2-8-20/h3,5-6,11,18H,1-2,4,7-10,13-15H2/t18-/m1/s1. The van der Waals surface area contributed by atoms with Crippen LogP contribution in [0, 0.1) is 11.3 Å². The van der Waals surface area contributed by atoms with Crippen LogP contribution in [0.4, 0.5) is 0 Å². The van der Waals surface area contributed by atoms with E-state index in [0.717, 1.165) is 44.8 Å². The maximum absolute atomic E-state index is 9.03. The highest BCUT2D eigenvalue weighted by Gasteiger charge is 2.22. The summed E-state index contributed by atoms with van der Waals surface area (Å²) >= 11 is 0. The molecule has 3 rings (SSSR count). The highest BCUT2D eigenvalue weighted by molar-refractivity contribution is 5.32. The lowest BCUT2D eigenvalue weighted by Gasteiger charge is -2.27. The molecule has 0 amide bonds. The minimum absolute atomic E-state index is 0.319. The van der Waals surface area contributed by atoms with Crippen LogP contribution < -0.4 is 0 Å². The van der Waals surface area contributed by atoms with Crippen molar-refractivity contribution < 1.29 is 4.74 Å². The Morgan fingerprint density at radius 2 is 1.95 bits per heavy atom. The Balaban J connectivity index is 1.58. The van der Waals surface area contributed by atoms with Gasteiger partial charge in [0.1, 0.15) is 0 Å². The molecule has 2 heterocycles. The van der Waals surface area contributed by atoms with E-state index in [-0.39, 0.29) is 0 Å². The summed E-state index contributed by atoms with van der Waals surface area (Å²) in [6.45, 7) is 7.37. The van der Waals surface area contributed by atoms with Crippen molar-refractivity contribution in [3.05, 3.63) is 35.4 Å². The van der Waals surface area contributed by atoms with Crippen LogP contribution in [0.5, 0.6) is 0 Å². The molecule has 2 saturated heterocycles. The molecule has 2 aliphatic rings. The first-order valence-electron chi connectivity index (χ1n) is 8.39. The van der Waals surface area contributed by atoms with Crippen LogP contribution in [0.3, 0.4) is 0 Å². The molecule has 0 aliphatic carbocycles. The summed E-state index contributed by atoms with van der Waals surface area (Å²) in [7, 11) is 0. The maximum atomic E-state index is 9.03. The van der Waals surface area contributed by atoms with E-state index in [0.29, 0.717) is 6.10 Å². The van der Waals surface area contributed by atoms with Gasteiger partial charge in [-0.25, -0.2) is 0 Å². The largest absolute Gasteiger partial charge is 0.376 e. The Bertz CT molecular complexity index is 519. The molecule has 2 fully saturated rings. The van der Waals surface area contributed by atoms with E-state index in [1.807, 2.05) is 18.2 Å². The average Bonchev–Trinajstić information content (AvgIpc) is 2.94. The van der Waals surface area contributed by atoms with E-state index < -0.39 is 0 Å². The molecule has 0 saturated carbocycles. The molecule has 1 aromatic rings. The minimum Gasteiger partial charge on any atom is -0.376 e. The van der Waals surface area contributed by atoms with E-state index in [4.69, 9.17) is 10.00 Å². The Hall–Kier alpha value is -1.41. The molecule has 0 N–H and O–H groups in total. The molecule has 0 bridgehead atoms. The lowest BCUT2D eigenvalue weighted by molar-refractivity contribution is 0.0308. The van der Waals surface area contributed by atoms with Gasteiger partial charge in [0.15, 0.2) is 0 Å². The van der Waals surface area contributed by atoms with E-state index in [2.05, 4.69) is 21.9 Å². The monoisotopic (exact) mass is 299 g/mol. The Morgan fingerprint density at radius 1 is 1.14 bits per heavy atom. The molecule has 0 spiro atoms. The molecule has 1 atom stereocenters. The zero-order valence-electron chi connectivity index (χ0n) is 13.2. The number of hydrogen-bond donors (Lipinski definition) is 0. The second kappa shape index (κ2) is 7.73. The number of hydrogen-bond acceptors (Lipinski definition) is 4. The Kier molecular flexibility index (Phi) is 5.44. The van der Waals surface area contributed by atoms with Crippen molar-refractivity contribution >= 4 is 0 Å². The van der Waals surface area contributed by atoms with Crippen molar-refractivity contribution in [3.63, 3.8) is 0 Å². The molecular weight excluding hydrogens is 274 g/mol. The SMILES string of the molecule is N#Cc1cccc(CN2CCCO[C@H](CN3CCCC3)C2)c1. The Morgan fingerprint density at radius 3 is 2.77 bits per heavy atom. The summed E-state index contributed by atoms with van der Waals surface area (Å²) in [5, 5.41) is 9.03. The Labute approximate surface area is 133 Å². The molecule has 0 unspecified atom stereocenters. The van der Waals surface area contributed by atoms with Crippen molar-refractivity contribution in [1.29, 1.82) is 5.26 Å². The second-order valence-corrected chi connectivity index (χ2v) is 6.40. The van der Waals surface area contributed by atoms with E-state index in [9.17, 15) is 0 Å². The fourth-order valence-corrected chi connectivity index (χ4v) is 3.47. The number of nitrogens with zero attached hydrogens (tertiary/aromatic N) is 3. The molecule has 4 heteroatoms. The highest BCUT2D eigenvalue weighted by atomic mass is 16.5. The van der Waals surface area contributed by atoms with Crippen LogP contribution in [0.25, 0.3) is 0 Å². The van der Waals surface area contributed by atoms with E-state index >= 15 is 0 Å². The molecule has 118 valence electrons. The van der Waals surface area contributed by atoms with Crippen molar-refractivity contribution in [2.45, 2.75) is 31.9 Å². The van der Waals surface area contributed by atoms with Crippen molar-refractivity contribution in [1.82, 2.24) is 9.80 Å². The summed E-state index contributed by atoms with van der Waals surface area (Å²) < 4.78 is 6.04. The van der Waals surface area contributed by atoms with Gasteiger partial charge in [0.25, 0.3) is 0 Å². The smallest absolute Gasteiger partial charge is 0.0991 e. The summed E-state index contributed by atoms with van der Waals surface area (Å²) in [5.74, 6) is 0. The number of ether oxygens (including phenoxy) is 1. The van der Waals surface area contributed by atoms with Crippen LogP contribution in [-0.2, 0) is 11.3 Å². The lowest BCUT2D eigenvalue weighted by Crippen LogP contribution is -2.39. The molecule has 2 aliphatic heterocycles. The minimum atomic E-state index is 0.319. The van der Waals surface area contributed by atoms with Crippen molar-refractivity contribution in [3.8, 4) is 6.07 Å². The molecule has 4 nitrogen and oxygen atoms in total. The van der Waals surface area contributed by atoms with Gasteiger partial charge in [0, 0.05) is 32.8 Å². The molecule has 0 aromatic heterocycles. The first-order chi connectivity index (χ1) is 10.8. The fraction of sp³-hybridized carbons (Fsp3) is 0.611. The number of nitriles is 1. The molecule has 0 radical (unpaired) electrons. The predicted molar refractivity (Wildman–Crippen MR) is 86.5 cm³/mol. The highest BCUT2D eigenvalue weighted by Crippen LogP contribution is 2.15. The summed E-state index contributed by atoms with van der Waals surface area (Å²) in [4.78, 5) is 5.01. The van der Waals surface area contributed by atoms with Gasteiger partial charge in [-0.3, -0.25) is 4.90 Å². The van der Waals surface area contributed by atoms with Crippen LogP contribution in [0.15, 0.2) is 24.3 Å². The third kappa shape index (κ3) is 4.30. The quantitative estimate of drug-likeness (QED) is 0.855. The first kappa shape index (κ1) is 15.5. The summed E-state index contributed by atoms with van der Waals surface area (Å²) in [6.07, 6.45) is 4.07. The maximum Gasteiger partial charge on any atom is 0.0991 e. The number of benzene rings is 1. The van der Waals surface area contributed by atoms with Gasteiger partial charge in [-0.15, -0.1) is 0 Å². The zero-order valence-corrected chi connectivity index (χ0v) is 13.2. The fourth-order valence-electron chi connectivity index (χ4n) is 3.47. The van der Waals surface area contributed by atoms with Gasteiger partial charge in [-0.05, 0) is 50.0 Å². The number of rotatable bonds is 4. The second-order valence-electron chi connectivity index (χ2n) is 6.40. The van der Waals surface area contributed by atoms with Crippen molar-refractivity contribution in [2.75, 3.05) is 39.3 Å². The average molecular weight is 299 g/mol. The third-order valence-corrected chi connectivity index (χ3v) is 4.56. The lowest BCUT2D eigenvalue weighted by atomic mass is 10.1. The van der Waals surface area contributed by atoms with E-state index in [1.165, 1.54) is 31.5 Å². The molecule has 1 aromatic carbocycles. The van der Waals surface area contributed by atoms with Crippen molar-refractivity contribution in [2.24, 2.45) is 0 Å². The van der Waals surface area contributed by atoms with Gasteiger partial charge in [0.2, 0.25) is 0 Å². The third-order valence-electron chi connectivity index (χ3n) is 4.56. The van der Waals surface area contributed by atoms with Gasteiger partial charge in [-0.1, -0.05) is 12.1 Å². The van der Waals surface area contributed by atoms with Gasteiger partial charge in [0.05, 0.1) is 17.7 Å². The van der Waals surface area contributed by atoms with Gasteiger partial charge in [-0.2, -0.15) is 5.26 Å². The van der Waals surface area contributed by atoms with Gasteiger partial charge < -0.3 is 9.64 Å².